The van der Waals surface area contributed by atoms with E-state index in [1.54, 1.807) is 0 Å². The molecule has 1 aromatic rings. The molecular weight excluding hydrogens is 287 g/mol. The third-order valence-corrected chi connectivity index (χ3v) is 4.12. The molecule has 0 saturated carbocycles. The van der Waals surface area contributed by atoms with Crippen LogP contribution in [0, 0.1) is 6.92 Å². The molecule has 1 unspecified atom stereocenters. The molecule has 0 N–H and O–H groups in total. The monoisotopic (exact) mass is 324 g/mol. The quantitative estimate of drug-likeness (QED) is 0.340. The number of allylic oxidation sites excluding steroid dienone is 5. The Hall–Kier alpha value is -1.50. The van der Waals surface area contributed by atoms with E-state index in [-0.39, 0.29) is 0 Å². The van der Waals surface area contributed by atoms with Gasteiger partial charge in [-0.15, -0.1) is 0 Å². The van der Waals surface area contributed by atoms with Crippen LogP contribution in [0.5, 0.6) is 0 Å². The van der Waals surface area contributed by atoms with Gasteiger partial charge in [0.25, 0.3) is 0 Å². The van der Waals surface area contributed by atoms with E-state index in [1.165, 1.54) is 42.2 Å². The van der Waals surface area contributed by atoms with Crippen molar-refractivity contribution in [2.45, 2.75) is 72.8 Å². The van der Waals surface area contributed by atoms with Gasteiger partial charge in [-0.25, -0.2) is 0 Å². The highest BCUT2D eigenvalue weighted by Crippen LogP contribution is 2.32. The maximum absolute atomic E-state index is 3.89. The van der Waals surface area contributed by atoms with Gasteiger partial charge in [-0.1, -0.05) is 114 Å². The lowest BCUT2D eigenvalue weighted by Gasteiger charge is -2.26. The number of rotatable bonds is 8. The Morgan fingerprint density at radius 2 is 1.71 bits per heavy atom. The Morgan fingerprint density at radius 1 is 1.12 bits per heavy atom. The molecule has 0 nitrogen and oxygen atoms in total. The van der Waals surface area contributed by atoms with E-state index in [4.69, 9.17) is 0 Å². The minimum atomic E-state index is 0.463. The van der Waals surface area contributed by atoms with Crippen molar-refractivity contribution in [3.63, 3.8) is 0 Å². The van der Waals surface area contributed by atoms with Crippen LogP contribution >= 0.6 is 0 Å². The first-order valence-electron chi connectivity index (χ1n) is 9.61. The molecule has 0 aliphatic carbocycles. The Morgan fingerprint density at radius 3 is 2.12 bits per heavy atom. The van der Waals surface area contributed by atoms with Crippen molar-refractivity contribution in [1.29, 1.82) is 0 Å². The van der Waals surface area contributed by atoms with E-state index in [9.17, 15) is 0 Å². The van der Waals surface area contributed by atoms with Crippen LogP contribution in [-0.4, -0.2) is 6.71 Å². The number of benzene rings is 1. The van der Waals surface area contributed by atoms with Crippen molar-refractivity contribution in [1.82, 2.24) is 0 Å². The molecule has 0 amide bonds. The Balaban J connectivity index is 0.00000163. The van der Waals surface area contributed by atoms with E-state index >= 15 is 0 Å². The van der Waals surface area contributed by atoms with Crippen LogP contribution in [0.3, 0.4) is 0 Å². The van der Waals surface area contributed by atoms with Crippen molar-refractivity contribution in [2.75, 3.05) is 0 Å². The van der Waals surface area contributed by atoms with E-state index < -0.39 is 0 Å². The molecule has 0 radical (unpaired) electrons. The zero-order chi connectivity index (χ0) is 18.4. The zero-order valence-electron chi connectivity index (χ0n) is 16.8. The Labute approximate surface area is 151 Å². The summed E-state index contributed by atoms with van der Waals surface area (Å²) in [6.07, 6.45) is 13.4. The molecule has 0 heterocycles. The predicted molar refractivity (Wildman–Crippen MR) is 114 cm³/mol. The highest BCUT2D eigenvalue weighted by molar-refractivity contribution is 6.61. The highest BCUT2D eigenvalue weighted by atomic mass is 14.1. The maximum Gasteiger partial charge on any atom is 0.153 e. The van der Waals surface area contributed by atoms with Gasteiger partial charge in [0.15, 0.2) is 6.71 Å². The third-order valence-electron chi connectivity index (χ3n) is 4.12. The summed E-state index contributed by atoms with van der Waals surface area (Å²) in [6, 6.07) is 9.03. The van der Waals surface area contributed by atoms with Crippen molar-refractivity contribution in [3.8, 4) is 0 Å². The fourth-order valence-electron chi connectivity index (χ4n) is 3.08. The van der Waals surface area contributed by atoms with Crippen molar-refractivity contribution in [3.05, 3.63) is 71.8 Å². The van der Waals surface area contributed by atoms with Gasteiger partial charge in [0, 0.05) is 0 Å². The number of hydrogen-bond donors (Lipinski definition) is 0. The fraction of sp³-hybridized carbons (Fsp3) is 0.478. The smallest absolute Gasteiger partial charge is 0.0991 e. The molecule has 0 bridgehead atoms. The van der Waals surface area contributed by atoms with Crippen LogP contribution in [0.1, 0.15) is 64.4 Å². The summed E-state index contributed by atoms with van der Waals surface area (Å²) in [4.78, 5) is 0. The first-order chi connectivity index (χ1) is 11.6. The van der Waals surface area contributed by atoms with Gasteiger partial charge in [0.2, 0.25) is 0 Å². The normalized spacial score (nSPS) is 12.5. The lowest BCUT2D eigenvalue weighted by Crippen LogP contribution is -2.24. The molecule has 0 saturated heterocycles. The summed E-state index contributed by atoms with van der Waals surface area (Å²) in [6.45, 7) is 17.6. The van der Waals surface area contributed by atoms with Crippen LogP contribution in [-0.2, 0) is 0 Å². The second kappa shape index (κ2) is 13.9. The summed E-state index contributed by atoms with van der Waals surface area (Å²) in [7, 11) is 0. The summed E-state index contributed by atoms with van der Waals surface area (Å²) in [5.41, 5.74) is 4.12. The van der Waals surface area contributed by atoms with E-state index in [1.807, 2.05) is 6.08 Å². The molecule has 0 spiro atoms. The standard InChI is InChI=1S/C20H29B.C3H8/c1-6-10-18(11-7-2)20(21(9-4)16-8-3)19-14-12-17(5)13-15-19;1-3-2/h6-7,10-15,20H,1,8-9,16H2,2-5H3;3H2,1-2H3/b11-7-,18-10+;. The van der Waals surface area contributed by atoms with E-state index in [0.717, 1.165) is 0 Å². The average molecular weight is 324 g/mol. The van der Waals surface area contributed by atoms with Gasteiger partial charge in [-0.05, 0) is 30.8 Å². The lowest BCUT2D eigenvalue weighted by atomic mass is 9.34. The fourth-order valence-corrected chi connectivity index (χ4v) is 3.08. The molecule has 0 aromatic heterocycles. The average Bonchev–Trinajstić information content (AvgIpc) is 2.57. The van der Waals surface area contributed by atoms with E-state index in [2.05, 4.69) is 90.6 Å². The Bertz CT molecular complexity index is 493. The van der Waals surface area contributed by atoms with Crippen molar-refractivity contribution < 1.29 is 0 Å². The summed E-state index contributed by atoms with van der Waals surface area (Å²) in [5, 5.41) is 0. The first kappa shape index (κ1) is 22.5. The largest absolute Gasteiger partial charge is 0.153 e. The van der Waals surface area contributed by atoms with Gasteiger partial charge < -0.3 is 0 Å². The van der Waals surface area contributed by atoms with Gasteiger partial charge in [-0.3, -0.25) is 0 Å². The van der Waals surface area contributed by atoms with Crippen LogP contribution in [0.15, 0.2) is 60.7 Å². The second-order valence-electron chi connectivity index (χ2n) is 6.45. The Kier molecular flexibility index (Phi) is 13.0. The molecule has 1 aromatic carbocycles. The molecule has 0 aliphatic heterocycles. The number of aryl methyl sites for hydroxylation is 1. The second-order valence-corrected chi connectivity index (χ2v) is 6.45. The van der Waals surface area contributed by atoms with Gasteiger partial charge in [-0.2, -0.15) is 0 Å². The molecule has 0 aliphatic rings. The lowest BCUT2D eigenvalue weighted by molar-refractivity contribution is 0.988. The predicted octanol–water partition coefficient (Wildman–Crippen LogP) is 7.65. The molecular formula is C23H37B. The summed E-state index contributed by atoms with van der Waals surface area (Å²) >= 11 is 0. The topological polar surface area (TPSA) is 0 Å². The molecule has 1 heteroatoms. The SMILES string of the molecule is C=C/C=C(\C=C/C)C(B(CC)CCC)c1ccc(C)cc1.CCC. The molecule has 132 valence electrons. The summed E-state index contributed by atoms with van der Waals surface area (Å²) < 4.78 is 0. The van der Waals surface area contributed by atoms with Crippen LogP contribution in [0.4, 0.5) is 0 Å². The van der Waals surface area contributed by atoms with E-state index in [0.29, 0.717) is 12.5 Å². The van der Waals surface area contributed by atoms with Gasteiger partial charge >= 0.3 is 0 Å². The van der Waals surface area contributed by atoms with Crippen LogP contribution < -0.4 is 0 Å². The minimum Gasteiger partial charge on any atom is -0.0991 e. The highest BCUT2D eigenvalue weighted by Gasteiger charge is 2.26. The van der Waals surface area contributed by atoms with Crippen LogP contribution in [0.2, 0.25) is 12.6 Å². The van der Waals surface area contributed by atoms with Crippen molar-refractivity contribution in [2.24, 2.45) is 0 Å². The third kappa shape index (κ3) is 7.86. The van der Waals surface area contributed by atoms with Gasteiger partial charge in [0.05, 0.1) is 0 Å². The first-order valence-corrected chi connectivity index (χ1v) is 9.61. The molecule has 1 atom stereocenters. The van der Waals surface area contributed by atoms with Gasteiger partial charge in [0.1, 0.15) is 0 Å². The summed E-state index contributed by atoms with van der Waals surface area (Å²) in [5.74, 6) is 0.463. The molecule has 0 fully saturated rings. The molecule has 1 rings (SSSR count). The number of hydrogen-bond acceptors (Lipinski definition) is 0. The molecule has 24 heavy (non-hydrogen) atoms. The minimum absolute atomic E-state index is 0.463. The zero-order valence-corrected chi connectivity index (χ0v) is 16.8. The van der Waals surface area contributed by atoms with Crippen LogP contribution in [0.25, 0.3) is 0 Å². The van der Waals surface area contributed by atoms with Crippen molar-refractivity contribution >= 4 is 6.71 Å². The maximum atomic E-state index is 3.89.